The second-order valence-corrected chi connectivity index (χ2v) is 7.86. The van der Waals surface area contributed by atoms with Crippen LogP contribution in [0.5, 0.6) is 0 Å². The molecule has 0 atom stereocenters. The number of nitrogens with zero attached hydrogens (tertiary/aromatic N) is 4. The fourth-order valence-corrected chi connectivity index (χ4v) is 3.27. The highest BCUT2D eigenvalue weighted by atomic mass is 19.4. The molecule has 0 radical (unpaired) electrons. The number of H-pyrrole nitrogens is 1. The third-order valence-electron chi connectivity index (χ3n) is 4.95. The third-order valence-corrected chi connectivity index (χ3v) is 4.95. The Morgan fingerprint density at radius 3 is 2.35 bits per heavy atom. The number of benzene rings is 1. The molecule has 0 fully saturated rings. The highest BCUT2D eigenvalue weighted by molar-refractivity contribution is 6.04. The molecule has 0 aliphatic rings. The first kappa shape index (κ1) is 27.0. The molecule has 2 aromatic heterocycles. The van der Waals surface area contributed by atoms with Gasteiger partial charge in [0.2, 0.25) is 5.95 Å². The fraction of sp³-hybridized carbons (Fsp3) is 0.478. The molecule has 0 saturated carbocycles. The van der Waals surface area contributed by atoms with Crippen molar-refractivity contribution >= 4 is 22.9 Å². The normalized spacial score (nSPS) is 11.3. The lowest BCUT2D eigenvalue weighted by atomic mass is 10.1. The lowest BCUT2D eigenvalue weighted by Gasteiger charge is -2.21. The van der Waals surface area contributed by atoms with Crippen molar-refractivity contribution in [2.45, 2.75) is 59.1 Å². The largest absolute Gasteiger partial charge is 0.434 e. The summed E-state index contributed by atoms with van der Waals surface area (Å²) in [5.41, 5.74) is 5.90. The molecule has 0 spiro atoms. The molecule has 186 valence electrons. The van der Waals surface area contributed by atoms with Gasteiger partial charge in [0, 0.05) is 19.3 Å². The number of alkyl halides is 3. The lowest BCUT2D eigenvalue weighted by molar-refractivity contribution is -0.141. The Bertz CT molecular complexity index is 1070. The van der Waals surface area contributed by atoms with Crippen LogP contribution < -0.4 is 10.6 Å². The maximum Gasteiger partial charge on any atom is 0.434 e. The van der Waals surface area contributed by atoms with E-state index in [0.29, 0.717) is 22.7 Å². The molecule has 0 unspecified atom stereocenters. The van der Waals surface area contributed by atoms with Crippen molar-refractivity contribution in [3.63, 3.8) is 0 Å². The van der Waals surface area contributed by atoms with Gasteiger partial charge in [-0.2, -0.15) is 13.2 Å². The minimum Gasteiger partial charge on any atom is -0.366 e. The Hall–Kier alpha value is -3.24. The van der Waals surface area contributed by atoms with Crippen molar-refractivity contribution in [3.05, 3.63) is 47.3 Å². The predicted molar refractivity (Wildman–Crippen MR) is 123 cm³/mol. The number of aromatic amines is 1. The highest BCUT2D eigenvalue weighted by Crippen LogP contribution is 2.26. The van der Waals surface area contributed by atoms with E-state index in [0.717, 1.165) is 44.4 Å². The van der Waals surface area contributed by atoms with Crippen LogP contribution in [-0.2, 0) is 6.18 Å². The Balaban J connectivity index is 0.000000310. The van der Waals surface area contributed by atoms with E-state index in [1.54, 1.807) is 6.92 Å². The third kappa shape index (κ3) is 7.67. The van der Waals surface area contributed by atoms with Crippen molar-refractivity contribution in [1.82, 2.24) is 19.9 Å². The van der Waals surface area contributed by atoms with Crippen LogP contribution in [0.1, 0.15) is 67.7 Å². The van der Waals surface area contributed by atoms with Gasteiger partial charge in [0.05, 0.1) is 23.0 Å². The van der Waals surface area contributed by atoms with E-state index in [4.69, 9.17) is 5.73 Å². The standard InChI is InChI=1S/C17H25FN4O.C6H5F3N2/c1-3-5-6-7-9-22(8-4-2)17-20-14-11-12(18)10-13(16(19)23)15(14)21-17;1-4-2-11-5(3-10-4)6(7,8)9/h10-11H,3-9H2,1-2H3,(H2,19,23)(H,20,21);2-3H,1H3. The quantitative estimate of drug-likeness (QED) is 0.314. The van der Waals surface area contributed by atoms with E-state index in [1.165, 1.54) is 25.3 Å². The Morgan fingerprint density at radius 1 is 1.06 bits per heavy atom. The van der Waals surface area contributed by atoms with Crippen molar-refractivity contribution < 1.29 is 22.4 Å². The maximum absolute atomic E-state index is 13.6. The molecule has 34 heavy (non-hydrogen) atoms. The summed E-state index contributed by atoms with van der Waals surface area (Å²) in [5.74, 6) is -0.490. The molecule has 0 aliphatic heterocycles. The second-order valence-electron chi connectivity index (χ2n) is 7.86. The van der Waals surface area contributed by atoms with Crippen LogP contribution in [0.3, 0.4) is 0 Å². The zero-order valence-electron chi connectivity index (χ0n) is 19.5. The van der Waals surface area contributed by atoms with Gasteiger partial charge < -0.3 is 15.6 Å². The average molecular weight is 483 g/mol. The van der Waals surface area contributed by atoms with E-state index in [2.05, 4.69) is 38.7 Å². The molecule has 0 aliphatic carbocycles. The number of carbonyl (C=O) groups excluding carboxylic acids is 1. The van der Waals surface area contributed by atoms with Gasteiger partial charge in [-0.3, -0.25) is 9.78 Å². The van der Waals surface area contributed by atoms with Crippen LogP contribution in [0.15, 0.2) is 24.5 Å². The van der Waals surface area contributed by atoms with Gasteiger partial charge in [0.15, 0.2) is 5.69 Å². The zero-order chi connectivity index (χ0) is 25.3. The zero-order valence-corrected chi connectivity index (χ0v) is 19.5. The molecule has 1 aromatic carbocycles. The molecule has 3 aromatic rings. The Kier molecular flexibility index (Phi) is 9.76. The Morgan fingerprint density at radius 2 is 1.79 bits per heavy atom. The Labute approximate surface area is 195 Å². The molecular weight excluding hydrogens is 452 g/mol. The van der Waals surface area contributed by atoms with Crippen LogP contribution in [0.25, 0.3) is 11.0 Å². The second kappa shape index (κ2) is 12.3. The number of carbonyl (C=O) groups is 1. The van der Waals surface area contributed by atoms with Gasteiger partial charge in [-0.05, 0) is 31.9 Å². The lowest BCUT2D eigenvalue weighted by Crippen LogP contribution is -2.26. The van der Waals surface area contributed by atoms with Crippen molar-refractivity contribution in [3.8, 4) is 0 Å². The number of nitrogens with two attached hydrogens (primary N) is 1. The van der Waals surface area contributed by atoms with E-state index in [1.807, 2.05) is 0 Å². The first-order chi connectivity index (χ1) is 16.1. The smallest absolute Gasteiger partial charge is 0.366 e. The predicted octanol–water partition coefficient (Wildman–Crippen LogP) is 5.40. The first-order valence-corrected chi connectivity index (χ1v) is 11.2. The fourth-order valence-electron chi connectivity index (χ4n) is 3.27. The number of hydrogen-bond acceptors (Lipinski definition) is 5. The van der Waals surface area contributed by atoms with Gasteiger partial charge in [0.1, 0.15) is 11.3 Å². The summed E-state index contributed by atoms with van der Waals surface area (Å²) in [5, 5.41) is 0. The van der Waals surface area contributed by atoms with Gasteiger partial charge in [-0.25, -0.2) is 14.4 Å². The average Bonchev–Trinajstić information content (AvgIpc) is 3.19. The van der Waals surface area contributed by atoms with Crippen LogP contribution in [0, 0.1) is 12.7 Å². The summed E-state index contributed by atoms with van der Waals surface area (Å²) in [6, 6.07) is 2.49. The maximum atomic E-state index is 13.6. The minimum absolute atomic E-state index is 0.116. The van der Waals surface area contributed by atoms with E-state index >= 15 is 0 Å². The number of rotatable bonds is 9. The van der Waals surface area contributed by atoms with Gasteiger partial charge in [-0.1, -0.05) is 33.1 Å². The summed E-state index contributed by atoms with van der Waals surface area (Å²) in [4.78, 5) is 27.9. The molecule has 2 heterocycles. The van der Waals surface area contributed by atoms with Crippen LogP contribution in [-0.4, -0.2) is 38.9 Å². The van der Waals surface area contributed by atoms with Crippen molar-refractivity contribution in [1.29, 1.82) is 0 Å². The minimum atomic E-state index is -4.39. The molecule has 0 bridgehead atoms. The van der Waals surface area contributed by atoms with Crippen molar-refractivity contribution in [2.75, 3.05) is 18.0 Å². The SMILES string of the molecule is CCCCCCN(CCC)c1nc2c(C(N)=O)cc(F)cc2[nH]1.Cc1cnc(C(F)(F)F)cn1. The number of primary amides is 1. The summed E-state index contributed by atoms with van der Waals surface area (Å²) < 4.78 is 49.1. The molecule has 0 saturated heterocycles. The number of imidazole rings is 1. The number of fused-ring (bicyclic) bond motifs is 1. The summed E-state index contributed by atoms with van der Waals surface area (Å²) >= 11 is 0. The van der Waals surface area contributed by atoms with E-state index in [9.17, 15) is 22.4 Å². The number of hydrogen-bond donors (Lipinski definition) is 2. The van der Waals surface area contributed by atoms with E-state index in [-0.39, 0.29) is 5.56 Å². The van der Waals surface area contributed by atoms with Gasteiger partial charge in [-0.15, -0.1) is 0 Å². The number of halogens is 4. The highest BCUT2D eigenvalue weighted by Gasteiger charge is 2.32. The van der Waals surface area contributed by atoms with Crippen LogP contribution in [0.4, 0.5) is 23.5 Å². The molecule has 11 heteroatoms. The molecule has 1 amide bonds. The van der Waals surface area contributed by atoms with Crippen LogP contribution >= 0.6 is 0 Å². The first-order valence-electron chi connectivity index (χ1n) is 11.2. The molecule has 7 nitrogen and oxygen atoms in total. The number of anilines is 1. The number of aryl methyl sites for hydroxylation is 1. The number of unbranched alkanes of at least 4 members (excludes halogenated alkanes) is 3. The van der Waals surface area contributed by atoms with Crippen molar-refractivity contribution in [2.24, 2.45) is 5.73 Å². The summed E-state index contributed by atoms with van der Waals surface area (Å²) in [6.07, 6.45) is 3.08. The van der Waals surface area contributed by atoms with E-state index < -0.39 is 23.6 Å². The monoisotopic (exact) mass is 482 g/mol. The summed E-state index contributed by atoms with van der Waals surface area (Å²) in [6.45, 7) is 7.62. The summed E-state index contributed by atoms with van der Waals surface area (Å²) in [7, 11) is 0. The number of aromatic nitrogens is 4. The molecule has 3 N–H and O–H groups in total. The molecular formula is C23H30F4N6O. The van der Waals surface area contributed by atoms with Gasteiger partial charge in [0.25, 0.3) is 5.91 Å². The topological polar surface area (TPSA) is 101 Å². The van der Waals surface area contributed by atoms with Crippen LogP contribution in [0.2, 0.25) is 0 Å². The van der Waals surface area contributed by atoms with Gasteiger partial charge >= 0.3 is 6.18 Å². The number of amides is 1. The number of nitrogens with one attached hydrogen (secondary N) is 1. The molecule has 3 rings (SSSR count).